The second kappa shape index (κ2) is 11.3. The van der Waals surface area contributed by atoms with Crippen molar-refractivity contribution in [3.63, 3.8) is 0 Å². The number of aliphatic imine (C=N–C) groups is 1. The van der Waals surface area contributed by atoms with Gasteiger partial charge in [-0.25, -0.2) is 4.99 Å². The van der Waals surface area contributed by atoms with Gasteiger partial charge in [0.25, 0.3) is 0 Å². The van der Waals surface area contributed by atoms with E-state index in [-0.39, 0.29) is 24.0 Å². The van der Waals surface area contributed by atoms with Crippen molar-refractivity contribution >= 4 is 41.3 Å². The lowest BCUT2D eigenvalue weighted by atomic mass is 10.1. The Balaban J connectivity index is 0.00000300. The van der Waals surface area contributed by atoms with Gasteiger partial charge in [0, 0.05) is 23.8 Å². The fourth-order valence-electron chi connectivity index (χ4n) is 2.85. The third kappa shape index (κ3) is 7.13. The summed E-state index contributed by atoms with van der Waals surface area (Å²) >= 11 is 1.55. The Morgan fingerprint density at radius 3 is 2.72 bits per heavy atom. The highest BCUT2D eigenvalue weighted by molar-refractivity contribution is 14.0. The van der Waals surface area contributed by atoms with E-state index in [0.717, 1.165) is 23.5 Å². The Morgan fingerprint density at radius 2 is 2.03 bits per heavy atom. The van der Waals surface area contributed by atoms with E-state index in [1.807, 2.05) is 54.4 Å². The predicted octanol–water partition coefficient (Wildman–Crippen LogP) is 3.57. The number of hydrogen-bond donors (Lipinski definition) is 3. The van der Waals surface area contributed by atoms with Crippen LogP contribution in [-0.2, 0) is 18.7 Å². The van der Waals surface area contributed by atoms with E-state index in [1.165, 1.54) is 5.56 Å². The predicted molar refractivity (Wildman–Crippen MR) is 130 cm³/mol. The Morgan fingerprint density at radius 1 is 1.21 bits per heavy atom. The van der Waals surface area contributed by atoms with Crippen molar-refractivity contribution in [1.82, 2.24) is 20.4 Å². The Bertz CT molecular complexity index is 878. The highest BCUT2D eigenvalue weighted by atomic mass is 127. The Kier molecular flexibility index (Phi) is 9.12. The van der Waals surface area contributed by atoms with Crippen LogP contribution in [0.2, 0.25) is 0 Å². The number of nitrogens with one attached hydrogen (secondary N) is 2. The van der Waals surface area contributed by atoms with Gasteiger partial charge >= 0.3 is 0 Å². The summed E-state index contributed by atoms with van der Waals surface area (Å²) in [6.07, 6.45) is 3.74. The molecule has 0 spiro atoms. The van der Waals surface area contributed by atoms with E-state index < -0.39 is 5.60 Å². The van der Waals surface area contributed by atoms with Gasteiger partial charge in [-0.05, 0) is 42.5 Å². The molecule has 0 saturated heterocycles. The number of aromatic nitrogens is 2. The minimum absolute atomic E-state index is 0. The lowest BCUT2D eigenvalue weighted by Crippen LogP contribution is -2.44. The van der Waals surface area contributed by atoms with Gasteiger partial charge in [-0.2, -0.15) is 5.10 Å². The van der Waals surface area contributed by atoms with E-state index in [1.54, 1.807) is 17.5 Å². The van der Waals surface area contributed by atoms with Gasteiger partial charge in [-0.15, -0.1) is 35.3 Å². The SMILES string of the molecule is CCNC(=NCc1cccc(Cn2cccn2)c1)NCC(C)(O)c1cccs1.I. The first-order valence-corrected chi connectivity index (χ1v) is 10.3. The first-order valence-electron chi connectivity index (χ1n) is 9.40. The molecule has 6 nitrogen and oxygen atoms in total. The lowest BCUT2D eigenvalue weighted by molar-refractivity contribution is 0.0655. The summed E-state index contributed by atoms with van der Waals surface area (Å²) in [6.45, 7) is 6.29. The van der Waals surface area contributed by atoms with Gasteiger partial charge in [0.15, 0.2) is 5.96 Å². The van der Waals surface area contributed by atoms with E-state index in [2.05, 4.69) is 38.9 Å². The van der Waals surface area contributed by atoms with Crippen LogP contribution in [0.15, 0.2) is 65.2 Å². The summed E-state index contributed by atoms with van der Waals surface area (Å²) < 4.78 is 1.90. The molecule has 1 unspecified atom stereocenters. The first kappa shape index (κ1) is 23.4. The van der Waals surface area contributed by atoms with Crippen LogP contribution in [0.4, 0.5) is 0 Å². The monoisotopic (exact) mass is 525 g/mol. The third-order valence-corrected chi connectivity index (χ3v) is 5.43. The standard InChI is InChI=1S/C21H27N5OS.HI/c1-3-22-20(24-16-21(2,27)19-9-5-12-28-19)23-14-17-7-4-8-18(13-17)15-26-11-6-10-25-26;/h4-13,27H,3,14-16H2,1-2H3,(H2,22,23,24);1H. The summed E-state index contributed by atoms with van der Waals surface area (Å²) in [5.74, 6) is 0.691. The van der Waals surface area contributed by atoms with E-state index in [4.69, 9.17) is 0 Å². The van der Waals surface area contributed by atoms with E-state index in [0.29, 0.717) is 19.0 Å². The number of hydrogen-bond acceptors (Lipinski definition) is 4. The third-order valence-electron chi connectivity index (χ3n) is 4.31. The molecule has 29 heavy (non-hydrogen) atoms. The molecule has 3 N–H and O–H groups in total. The smallest absolute Gasteiger partial charge is 0.191 e. The molecule has 2 heterocycles. The van der Waals surface area contributed by atoms with Crippen LogP contribution in [0.5, 0.6) is 0 Å². The van der Waals surface area contributed by atoms with Gasteiger partial charge in [0.2, 0.25) is 0 Å². The lowest BCUT2D eigenvalue weighted by Gasteiger charge is -2.23. The largest absolute Gasteiger partial charge is 0.383 e. The van der Waals surface area contributed by atoms with Crippen molar-refractivity contribution in [2.75, 3.05) is 13.1 Å². The first-order chi connectivity index (χ1) is 13.6. The number of nitrogens with zero attached hydrogens (tertiary/aromatic N) is 3. The van der Waals surface area contributed by atoms with Gasteiger partial charge < -0.3 is 15.7 Å². The normalized spacial score (nSPS) is 13.4. The molecule has 1 aromatic carbocycles. The number of thiophene rings is 1. The van der Waals surface area contributed by atoms with Crippen LogP contribution in [-0.4, -0.2) is 33.9 Å². The average Bonchev–Trinajstić information content (AvgIpc) is 3.39. The maximum atomic E-state index is 10.7. The highest BCUT2D eigenvalue weighted by Gasteiger charge is 2.24. The molecule has 0 saturated carbocycles. The van der Waals surface area contributed by atoms with Gasteiger partial charge in [-0.1, -0.05) is 30.3 Å². The fraction of sp³-hybridized carbons (Fsp3) is 0.333. The zero-order valence-electron chi connectivity index (χ0n) is 16.7. The zero-order chi connectivity index (χ0) is 19.8. The minimum Gasteiger partial charge on any atom is -0.383 e. The molecule has 3 rings (SSSR count). The van der Waals surface area contributed by atoms with Crippen LogP contribution >= 0.6 is 35.3 Å². The molecule has 3 aromatic rings. The van der Waals surface area contributed by atoms with Crippen LogP contribution in [0.1, 0.15) is 29.9 Å². The quantitative estimate of drug-likeness (QED) is 0.239. The van der Waals surface area contributed by atoms with Crippen LogP contribution < -0.4 is 10.6 Å². The second-order valence-electron chi connectivity index (χ2n) is 6.82. The van der Waals surface area contributed by atoms with Crippen LogP contribution in [0, 0.1) is 0 Å². The molecule has 0 fully saturated rings. The molecule has 8 heteroatoms. The summed E-state index contributed by atoms with van der Waals surface area (Å²) in [5.41, 5.74) is 1.38. The number of halogens is 1. The summed E-state index contributed by atoms with van der Waals surface area (Å²) in [6, 6.07) is 14.2. The number of aliphatic hydroxyl groups is 1. The number of benzene rings is 1. The van der Waals surface area contributed by atoms with Gasteiger partial charge in [0.1, 0.15) is 5.60 Å². The van der Waals surface area contributed by atoms with Crippen LogP contribution in [0.3, 0.4) is 0 Å². The Hall–Kier alpha value is -1.91. The van der Waals surface area contributed by atoms with Crippen molar-refractivity contribution in [2.24, 2.45) is 4.99 Å². The van der Waals surface area contributed by atoms with Crippen molar-refractivity contribution in [2.45, 2.75) is 32.5 Å². The van der Waals surface area contributed by atoms with E-state index in [9.17, 15) is 5.11 Å². The van der Waals surface area contributed by atoms with Crippen molar-refractivity contribution in [1.29, 1.82) is 0 Å². The molecule has 0 radical (unpaired) electrons. The van der Waals surface area contributed by atoms with Crippen LogP contribution in [0.25, 0.3) is 0 Å². The van der Waals surface area contributed by atoms with Crippen molar-refractivity contribution in [3.8, 4) is 0 Å². The summed E-state index contributed by atoms with van der Waals surface area (Å²) in [5, 5.41) is 23.4. The Labute approximate surface area is 193 Å². The average molecular weight is 525 g/mol. The van der Waals surface area contributed by atoms with E-state index >= 15 is 0 Å². The molecule has 0 amide bonds. The maximum absolute atomic E-state index is 10.7. The molecule has 1 atom stereocenters. The van der Waals surface area contributed by atoms with Crippen molar-refractivity contribution in [3.05, 3.63) is 76.2 Å². The van der Waals surface area contributed by atoms with Crippen molar-refractivity contribution < 1.29 is 5.11 Å². The number of rotatable bonds is 8. The molecular formula is C21H28IN5OS. The highest BCUT2D eigenvalue weighted by Crippen LogP contribution is 2.24. The molecule has 0 aliphatic carbocycles. The fourth-order valence-corrected chi connectivity index (χ4v) is 3.63. The zero-order valence-corrected chi connectivity index (χ0v) is 19.9. The number of guanidine groups is 1. The molecule has 0 bridgehead atoms. The second-order valence-corrected chi connectivity index (χ2v) is 7.77. The molecule has 0 aliphatic heterocycles. The molecule has 2 aromatic heterocycles. The molecule has 156 valence electrons. The summed E-state index contributed by atoms with van der Waals surface area (Å²) in [7, 11) is 0. The minimum atomic E-state index is -0.936. The maximum Gasteiger partial charge on any atom is 0.191 e. The van der Waals surface area contributed by atoms with Gasteiger partial charge in [-0.3, -0.25) is 4.68 Å². The molecular weight excluding hydrogens is 497 g/mol. The topological polar surface area (TPSA) is 74.5 Å². The van der Waals surface area contributed by atoms with Gasteiger partial charge in [0.05, 0.1) is 19.6 Å². The molecule has 0 aliphatic rings. The summed E-state index contributed by atoms with van der Waals surface area (Å²) in [4.78, 5) is 5.60.